The summed E-state index contributed by atoms with van der Waals surface area (Å²) in [5.74, 6) is 2.08. The summed E-state index contributed by atoms with van der Waals surface area (Å²) in [7, 11) is 0. The van der Waals surface area contributed by atoms with E-state index in [2.05, 4.69) is 219 Å². The zero-order chi connectivity index (χ0) is 48.2. The van der Waals surface area contributed by atoms with Crippen LogP contribution in [0, 0.1) is 0 Å². The van der Waals surface area contributed by atoms with Gasteiger partial charge in [-0.15, -0.1) is 0 Å². The number of hydrogen-bond acceptors (Lipinski definition) is 4. The van der Waals surface area contributed by atoms with Gasteiger partial charge < -0.3 is 0 Å². The minimum absolute atomic E-state index is 0.204. The fourth-order valence-corrected chi connectivity index (χ4v) is 10.2. The quantitative estimate of drug-likeness (QED) is 0.121. The molecule has 4 nitrogen and oxygen atoms in total. The third-order valence-electron chi connectivity index (χ3n) is 13.9. The first kappa shape index (κ1) is 44.1. The Morgan fingerprint density at radius 3 is 1.89 bits per heavy atom. The van der Waals surface area contributed by atoms with E-state index in [0.717, 1.165) is 86.2 Å². The first-order valence-electron chi connectivity index (χ1n) is 24.8. The van der Waals surface area contributed by atoms with Crippen LogP contribution in [-0.4, -0.2) is 19.9 Å². The number of pyridine rings is 1. The molecule has 0 amide bonds. The van der Waals surface area contributed by atoms with E-state index in [-0.39, 0.29) is 5.92 Å². The maximum Gasteiger partial charge on any atom is 0.164 e. The van der Waals surface area contributed by atoms with E-state index >= 15 is 0 Å². The number of allylic oxidation sites excluding steroid dienone is 7. The summed E-state index contributed by atoms with van der Waals surface area (Å²) in [5.41, 5.74) is 18.9. The fraction of sp³-hybridized carbons (Fsp3) is 0.0588. The summed E-state index contributed by atoms with van der Waals surface area (Å²) in [5, 5.41) is 2.57. The lowest BCUT2D eigenvalue weighted by atomic mass is 9.85. The van der Waals surface area contributed by atoms with Crippen LogP contribution < -0.4 is 0 Å². The molecule has 2 aromatic heterocycles. The zero-order valence-electron chi connectivity index (χ0n) is 39.9. The second kappa shape index (κ2) is 19.7. The molecule has 2 aliphatic carbocycles. The van der Waals surface area contributed by atoms with Crippen LogP contribution in [0.2, 0.25) is 0 Å². The molecule has 8 aromatic carbocycles. The number of rotatable bonds is 11. The van der Waals surface area contributed by atoms with Crippen molar-refractivity contribution in [2.45, 2.75) is 25.2 Å². The molecule has 0 radical (unpaired) electrons. The molecule has 342 valence electrons. The van der Waals surface area contributed by atoms with Crippen molar-refractivity contribution in [2.75, 3.05) is 0 Å². The van der Waals surface area contributed by atoms with Gasteiger partial charge >= 0.3 is 0 Å². The van der Waals surface area contributed by atoms with Gasteiger partial charge in [0, 0.05) is 34.4 Å². The molecule has 0 bridgehead atoms. The van der Waals surface area contributed by atoms with Crippen LogP contribution in [0.25, 0.3) is 107 Å². The predicted octanol–water partition coefficient (Wildman–Crippen LogP) is 17.4. The lowest BCUT2D eigenvalue weighted by molar-refractivity contribution is 0.854. The van der Waals surface area contributed by atoms with E-state index in [0.29, 0.717) is 17.5 Å². The van der Waals surface area contributed by atoms with Gasteiger partial charge in [0.1, 0.15) is 0 Å². The van der Waals surface area contributed by atoms with Crippen molar-refractivity contribution >= 4 is 28.5 Å². The zero-order valence-corrected chi connectivity index (χ0v) is 39.9. The largest absolute Gasteiger partial charge is 0.256 e. The number of aromatic nitrogens is 4. The molecular weight excluding hydrogens is 873 g/mol. The smallest absolute Gasteiger partial charge is 0.164 e. The van der Waals surface area contributed by atoms with Gasteiger partial charge in [-0.2, -0.15) is 0 Å². The number of nitrogens with zero attached hydrogens (tertiary/aromatic N) is 4. The van der Waals surface area contributed by atoms with Crippen LogP contribution in [-0.2, 0) is 6.42 Å². The van der Waals surface area contributed by atoms with Gasteiger partial charge in [-0.1, -0.05) is 207 Å². The van der Waals surface area contributed by atoms with Gasteiger partial charge in [-0.25, -0.2) is 15.0 Å². The summed E-state index contributed by atoms with van der Waals surface area (Å²) >= 11 is 0. The molecule has 0 spiro atoms. The molecule has 1 atom stereocenters. The molecule has 0 N–H and O–H groups in total. The number of benzene rings is 8. The number of hydrogen-bond donors (Lipinski definition) is 0. The number of fused-ring (bicyclic) bond motifs is 3. The summed E-state index contributed by atoms with van der Waals surface area (Å²) in [6.45, 7) is 3.83. The molecule has 1 unspecified atom stereocenters. The van der Waals surface area contributed by atoms with Crippen molar-refractivity contribution in [1.29, 1.82) is 0 Å². The average Bonchev–Trinajstić information content (AvgIpc) is 3.47. The first-order chi connectivity index (χ1) is 35.6. The Bertz CT molecular complexity index is 3770. The van der Waals surface area contributed by atoms with Crippen molar-refractivity contribution in [3.8, 4) is 78.5 Å². The van der Waals surface area contributed by atoms with Crippen molar-refractivity contribution < 1.29 is 0 Å². The van der Waals surface area contributed by atoms with Gasteiger partial charge in [0.15, 0.2) is 17.5 Å². The maximum atomic E-state index is 5.37. The highest BCUT2D eigenvalue weighted by molar-refractivity contribution is 5.97. The van der Waals surface area contributed by atoms with Crippen LogP contribution in [0.5, 0.6) is 0 Å². The average molecular weight is 923 g/mol. The molecule has 0 saturated carbocycles. The van der Waals surface area contributed by atoms with E-state index in [9.17, 15) is 0 Å². The Labute approximate surface area is 421 Å². The van der Waals surface area contributed by atoms with E-state index < -0.39 is 0 Å². The second-order valence-electron chi connectivity index (χ2n) is 18.5. The molecule has 2 aliphatic rings. The summed E-state index contributed by atoms with van der Waals surface area (Å²) in [6, 6.07) is 69.4. The highest BCUT2D eigenvalue weighted by Crippen LogP contribution is 2.40. The Kier molecular flexibility index (Phi) is 12.1. The normalized spacial score (nSPS) is 14.1. The maximum absolute atomic E-state index is 5.37. The molecule has 2 heterocycles. The first-order valence-corrected chi connectivity index (χ1v) is 24.8. The Balaban J connectivity index is 1.00. The van der Waals surface area contributed by atoms with Crippen molar-refractivity contribution in [3.05, 3.63) is 271 Å². The summed E-state index contributed by atoms with van der Waals surface area (Å²) < 4.78 is 0. The van der Waals surface area contributed by atoms with Gasteiger partial charge in [0.05, 0.1) is 5.69 Å². The minimum atomic E-state index is 0.204. The monoisotopic (exact) mass is 922 g/mol. The predicted molar refractivity (Wildman–Crippen MR) is 301 cm³/mol. The summed E-state index contributed by atoms with van der Waals surface area (Å²) in [4.78, 5) is 20.7. The van der Waals surface area contributed by atoms with Crippen molar-refractivity contribution in [3.63, 3.8) is 0 Å². The van der Waals surface area contributed by atoms with Gasteiger partial charge in [-0.05, 0) is 139 Å². The van der Waals surface area contributed by atoms with E-state index in [4.69, 9.17) is 19.9 Å². The molecule has 10 aromatic rings. The van der Waals surface area contributed by atoms with Gasteiger partial charge in [-0.3, -0.25) is 4.98 Å². The highest BCUT2D eigenvalue weighted by Gasteiger charge is 2.20. The minimum Gasteiger partial charge on any atom is -0.256 e. The lowest BCUT2D eigenvalue weighted by Gasteiger charge is -2.19. The van der Waals surface area contributed by atoms with E-state index in [1.807, 2.05) is 30.5 Å². The molecule has 12 rings (SSSR count). The molecule has 0 aliphatic heterocycles. The third-order valence-corrected chi connectivity index (χ3v) is 13.9. The highest BCUT2D eigenvalue weighted by atomic mass is 15.0. The SMILES string of the molecule is C=C/C=C\c1ccnc(-c2ccc(-c3cc(-c4ccc(-c5cc6ccccc6c6c5CCC=C6)cc4)cc(-c4nc(C5=CC(c6ccccc6)CC=C5)nc(-c5cccc(-c6ccccc6)c5)n4)c3)cc2)c1. The van der Waals surface area contributed by atoms with E-state index in [1.165, 1.54) is 38.6 Å². The van der Waals surface area contributed by atoms with Gasteiger partial charge in [0.25, 0.3) is 0 Å². The molecule has 0 fully saturated rings. The topological polar surface area (TPSA) is 51.6 Å². The summed E-state index contributed by atoms with van der Waals surface area (Å²) in [6.07, 6.45) is 21.9. The molecular formula is C68H50N4. The van der Waals surface area contributed by atoms with E-state index in [1.54, 1.807) is 6.08 Å². The Morgan fingerprint density at radius 2 is 1.11 bits per heavy atom. The van der Waals surface area contributed by atoms with Crippen LogP contribution in [0.1, 0.15) is 46.8 Å². The molecule has 0 saturated heterocycles. The standard InChI is InChI=1S/C68H50N4/c1-2-3-16-46-37-38-69-65(39-46)52-35-31-50(32-36-52)59-42-58(49-29-33-51(34-30-49)64-45-55-21-10-11-26-61(55)62-27-12-13-28-63(62)64)43-60(44-59)68-71-66(56-24-14-22-53(40-56)47-17-6-4-7-18-47)70-67(72-68)57-25-15-23-54(41-57)48-19-8-5-9-20-48/h2-12,14-22,24-27,29-45,54H,1,13,23,28H2/b16-3-. The molecule has 4 heteroatoms. The van der Waals surface area contributed by atoms with Crippen LogP contribution in [0.4, 0.5) is 0 Å². The third kappa shape index (κ3) is 9.10. The molecule has 72 heavy (non-hydrogen) atoms. The van der Waals surface area contributed by atoms with Crippen molar-refractivity contribution in [2.24, 2.45) is 0 Å². The Morgan fingerprint density at radius 1 is 0.486 bits per heavy atom. The Hall–Kier alpha value is -9.12. The lowest BCUT2D eigenvalue weighted by Crippen LogP contribution is -2.05. The van der Waals surface area contributed by atoms with Crippen LogP contribution in [0.3, 0.4) is 0 Å². The van der Waals surface area contributed by atoms with Crippen LogP contribution in [0.15, 0.2) is 243 Å². The van der Waals surface area contributed by atoms with Crippen LogP contribution >= 0.6 is 0 Å². The van der Waals surface area contributed by atoms with Gasteiger partial charge in [0.2, 0.25) is 0 Å². The second-order valence-corrected chi connectivity index (χ2v) is 18.5. The fourth-order valence-electron chi connectivity index (χ4n) is 10.2. The van der Waals surface area contributed by atoms with Crippen molar-refractivity contribution in [1.82, 2.24) is 19.9 Å².